The number of ether oxygens (including phenoxy) is 5. The number of aliphatic hydroxyl groups excluding tert-OH is 1. The van der Waals surface area contributed by atoms with Crippen molar-refractivity contribution < 1.29 is 85.0 Å². The standard InChI is InChI=1S/C67H78N12O22P2/c1-75(2)26-24-69-23-21-55(83)70-30-46(81)12-8-7-11-45-32-78(66(87)73-63(45)85)57-28-50(53(97-57)36-93-3)100-103(91,92)95-38-54-51(29-58(98-54)79-34-48(64(86)74-67(79)88)43-15-13-41(35-80)14-16-43)101-102(89,90)94-37-52-49(82)27-56(96-52)77-33-47(60-61(68)71-39-72-62(60)77)42-17-19-44(20-18-42)65-76(25-22-59(84)99-65)31-40-9-5-4-6-10-40/h4-6,9-10,13-20,32-35,39,49-54,56-58,65,69,82H,8,12,21-31,36-38H2,1-3H3,(H,70,83)(H,89,90)(H,91,92)(H2,68,71,72)(H,73,85,87)(H,74,86,88)/t49-,50-,51-,52+,53+,54+,56+,57+,58+,65?/m0/s1. The molecule has 7 aromatic rings. The molecule has 4 aromatic heterocycles. The first-order valence-corrected chi connectivity index (χ1v) is 35.9. The lowest BCUT2D eigenvalue weighted by atomic mass is 10.0. The zero-order chi connectivity index (χ0) is 73.1. The number of cyclic esters (lactones) is 1. The first-order valence-electron chi connectivity index (χ1n) is 32.9. The molecule has 103 heavy (non-hydrogen) atoms. The SMILES string of the molecule is COC[C@H]1O[C@@H](n2cc(C#CCCC(=O)CNC(=O)CCNCCN(C)C)c(=O)[nH]c2=O)C[C@@H]1OP(=O)(O)OC[C@H]1O[C@@H](n2cc(-c3ccc(C=O)cc3)c(=O)[nH]c2=O)C[C@@H]1OP(=O)(O)OC[C@H]1O[C@@H](n2cc(-c3ccc(C4OC(=O)CCN4Cc4ccccc4)cc3)c3c(N)ncnc32)C[C@@H]1O. The number of ketones is 1. The number of rotatable bonds is 31. The zero-order valence-corrected chi connectivity index (χ0v) is 58.0. The Labute approximate surface area is 587 Å². The summed E-state index contributed by atoms with van der Waals surface area (Å²) >= 11 is 0. The number of carbonyl (C=O) groups is 4. The van der Waals surface area contributed by atoms with Crippen LogP contribution in [0.2, 0.25) is 0 Å². The summed E-state index contributed by atoms with van der Waals surface area (Å²) in [4.78, 5) is 142. The van der Waals surface area contributed by atoms with E-state index in [4.69, 9.17) is 47.5 Å². The number of aromatic nitrogens is 7. The van der Waals surface area contributed by atoms with Gasteiger partial charge < -0.3 is 64.4 Å². The van der Waals surface area contributed by atoms with Gasteiger partial charge in [-0.2, -0.15) is 0 Å². The molecule has 0 saturated carbocycles. The second-order valence-corrected chi connectivity index (χ2v) is 27.9. The lowest BCUT2D eigenvalue weighted by Gasteiger charge is -2.35. The van der Waals surface area contributed by atoms with Gasteiger partial charge in [0.25, 0.3) is 11.1 Å². The number of phosphoric ester groups is 2. The van der Waals surface area contributed by atoms with Crippen LogP contribution in [-0.2, 0) is 71.8 Å². The van der Waals surface area contributed by atoms with Gasteiger partial charge in [-0.1, -0.05) is 90.7 Å². The molecule has 9 N–H and O–H groups in total. The smallest absolute Gasteiger partial charge is 0.442 e. The number of hydrogen-bond donors (Lipinski definition) is 8. The van der Waals surface area contributed by atoms with Gasteiger partial charge in [0.1, 0.15) is 78.8 Å². The van der Waals surface area contributed by atoms with Crippen LogP contribution in [0.15, 0.2) is 123 Å². The Morgan fingerprint density at radius 3 is 2.04 bits per heavy atom. The number of nitrogens with one attached hydrogen (secondary N) is 4. The van der Waals surface area contributed by atoms with Gasteiger partial charge in [-0.25, -0.2) is 28.7 Å². The number of H-pyrrole nitrogens is 2. The number of nitrogens with zero attached hydrogens (tertiary/aromatic N) is 7. The number of phosphoric acid groups is 2. The first kappa shape index (κ1) is 75.3. The summed E-state index contributed by atoms with van der Waals surface area (Å²) in [6.45, 7) is 0.795. The molecule has 548 valence electrons. The van der Waals surface area contributed by atoms with Crippen molar-refractivity contribution in [1.82, 2.24) is 54.1 Å². The second kappa shape index (κ2) is 33.7. The van der Waals surface area contributed by atoms with E-state index in [0.717, 1.165) is 39.2 Å². The molecule has 11 rings (SSSR count). The Hall–Kier alpha value is -8.82. The molecule has 34 nitrogen and oxygen atoms in total. The van der Waals surface area contributed by atoms with Crippen LogP contribution in [0, 0.1) is 11.8 Å². The average molecular weight is 1470 g/mol. The number of esters is 1. The molecule has 36 heteroatoms. The summed E-state index contributed by atoms with van der Waals surface area (Å²) in [5.41, 5.74) is 6.60. The highest BCUT2D eigenvalue weighted by molar-refractivity contribution is 7.47. The van der Waals surface area contributed by atoms with Gasteiger partial charge in [0.15, 0.2) is 12.0 Å². The van der Waals surface area contributed by atoms with Crippen molar-refractivity contribution in [2.24, 2.45) is 0 Å². The Kier molecular flexibility index (Phi) is 24.7. The average Bonchev–Trinajstić information content (AvgIpc) is 1.61. The maximum Gasteiger partial charge on any atom is 0.472 e. The molecule has 4 aliphatic rings. The van der Waals surface area contributed by atoms with Crippen LogP contribution >= 0.6 is 15.6 Å². The minimum atomic E-state index is -5.31. The van der Waals surface area contributed by atoms with Crippen LogP contribution in [0.25, 0.3) is 33.3 Å². The van der Waals surface area contributed by atoms with Gasteiger partial charge in [0.2, 0.25) is 5.91 Å². The number of methoxy groups -OCH3 is 1. The number of nitrogen functional groups attached to an aromatic ring is 1. The highest BCUT2D eigenvalue weighted by Crippen LogP contribution is 2.52. The van der Waals surface area contributed by atoms with Crippen LogP contribution in [0.1, 0.15) is 96.9 Å². The van der Waals surface area contributed by atoms with Gasteiger partial charge in [-0.3, -0.25) is 70.9 Å². The van der Waals surface area contributed by atoms with Crippen LogP contribution in [0.5, 0.6) is 0 Å². The molecular formula is C67H78N12O22P2. The van der Waals surface area contributed by atoms with Crippen molar-refractivity contribution in [1.29, 1.82) is 0 Å². The number of aliphatic hydroxyl groups is 1. The maximum atomic E-state index is 14.2. The van der Waals surface area contributed by atoms with Gasteiger partial charge in [-0.15, -0.1) is 0 Å². The zero-order valence-electron chi connectivity index (χ0n) is 56.2. The van der Waals surface area contributed by atoms with E-state index in [9.17, 15) is 62.4 Å². The number of Topliss-reactive ketones (excluding diaryl/α,β-unsaturated/α-hetero) is 1. The van der Waals surface area contributed by atoms with Crippen LogP contribution in [0.3, 0.4) is 0 Å². The summed E-state index contributed by atoms with van der Waals surface area (Å²) in [5.74, 6) is 4.57. The molecule has 0 spiro atoms. The summed E-state index contributed by atoms with van der Waals surface area (Å²) < 4.78 is 83.8. The van der Waals surface area contributed by atoms with E-state index in [2.05, 4.69) is 47.3 Å². The van der Waals surface area contributed by atoms with Crippen LogP contribution in [-0.4, -0.2) is 193 Å². The fourth-order valence-electron chi connectivity index (χ4n) is 12.2. The topological polar surface area (TPSA) is 443 Å². The number of aldehydes is 1. The molecule has 8 heterocycles. The van der Waals surface area contributed by atoms with E-state index in [1.54, 1.807) is 10.8 Å². The molecule has 0 aliphatic carbocycles. The number of nitrogens with two attached hydrogens (primary N) is 1. The van der Waals surface area contributed by atoms with Crippen LogP contribution in [0.4, 0.5) is 5.82 Å². The van der Waals surface area contributed by atoms with E-state index in [0.29, 0.717) is 60.2 Å². The predicted molar refractivity (Wildman–Crippen MR) is 366 cm³/mol. The van der Waals surface area contributed by atoms with E-state index < -0.39 is 119 Å². The van der Waals surface area contributed by atoms with Gasteiger partial charge in [0, 0.05) is 114 Å². The molecule has 3 aromatic carbocycles. The van der Waals surface area contributed by atoms with Crippen molar-refractivity contribution in [3.8, 4) is 34.1 Å². The van der Waals surface area contributed by atoms with Crippen LogP contribution < -0.4 is 38.9 Å². The summed E-state index contributed by atoms with van der Waals surface area (Å²) in [7, 11) is -5.43. The van der Waals surface area contributed by atoms with Crippen molar-refractivity contribution >= 4 is 56.4 Å². The Morgan fingerprint density at radius 1 is 0.757 bits per heavy atom. The van der Waals surface area contributed by atoms with Crippen molar-refractivity contribution in [2.75, 3.05) is 79.5 Å². The molecule has 1 amide bonds. The van der Waals surface area contributed by atoms with Gasteiger partial charge in [0.05, 0.1) is 49.8 Å². The molecule has 4 fully saturated rings. The van der Waals surface area contributed by atoms with E-state index in [-0.39, 0.29) is 91.8 Å². The predicted octanol–water partition coefficient (Wildman–Crippen LogP) is 2.94. The number of amides is 1. The Balaban J connectivity index is 0.754. The second-order valence-electron chi connectivity index (χ2n) is 25.1. The number of aromatic amines is 2. The van der Waals surface area contributed by atoms with Crippen molar-refractivity contribution in [2.45, 2.75) is 113 Å². The summed E-state index contributed by atoms with van der Waals surface area (Å²) in [5, 5.41) is 17.6. The molecule has 3 unspecified atom stereocenters. The van der Waals surface area contributed by atoms with E-state index >= 15 is 0 Å². The molecule has 4 saturated heterocycles. The molecule has 12 atom stereocenters. The van der Waals surface area contributed by atoms with Gasteiger partial charge in [-0.05, 0) is 30.8 Å². The number of carbonyl (C=O) groups excluding carboxylic acids is 4. The summed E-state index contributed by atoms with van der Waals surface area (Å²) in [6, 6.07) is 23.0. The number of anilines is 1. The number of likely N-dealkylation sites (N-methyl/N-ethyl adjacent to an activating group) is 1. The summed E-state index contributed by atoms with van der Waals surface area (Å²) in [6.07, 6.45) is -7.31. The first-order chi connectivity index (χ1) is 49.4. The molecule has 4 aliphatic heterocycles. The fourth-order valence-corrected chi connectivity index (χ4v) is 14.2. The minimum Gasteiger partial charge on any atom is -0.442 e. The van der Waals surface area contributed by atoms with Gasteiger partial charge >= 0.3 is 33.0 Å². The monoisotopic (exact) mass is 1460 g/mol. The van der Waals surface area contributed by atoms with Crippen molar-refractivity contribution in [3.05, 3.63) is 168 Å². The highest BCUT2D eigenvalue weighted by Gasteiger charge is 2.47. The number of fused-ring (bicyclic) bond motifs is 1. The molecular weight excluding hydrogens is 1390 g/mol. The number of hydrogen-bond acceptors (Lipinski definition) is 26. The third-order valence-corrected chi connectivity index (χ3v) is 19.5. The normalized spacial score (nSPS) is 23.2. The third kappa shape index (κ3) is 19.1. The largest absolute Gasteiger partial charge is 0.472 e. The maximum absolute atomic E-state index is 14.2. The number of benzene rings is 3. The fraction of sp³-hybridized carbons (Fsp3) is 0.433. The Bertz CT molecular complexity index is 4620. The highest BCUT2D eigenvalue weighted by atomic mass is 31.2. The quantitative estimate of drug-likeness (QED) is 0.0102. The molecule has 0 radical (unpaired) electrons. The Morgan fingerprint density at radius 2 is 1.37 bits per heavy atom. The van der Waals surface area contributed by atoms with E-state index in [1.807, 2.05) is 73.6 Å². The minimum absolute atomic E-state index is 0.000299. The van der Waals surface area contributed by atoms with E-state index in [1.165, 1.54) is 37.7 Å². The lowest BCUT2D eigenvalue weighted by molar-refractivity contribution is -0.171. The lowest BCUT2D eigenvalue weighted by Crippen LogP contribution is -2.38. The molecule has 0 bridgehead atoms. The van der Waals surface area contributed by atoms with Crippen molar-refractivity contribution in [3.63, 3.8) is 0 Å². The third-order valence-electron chi connectivity index (χ3n) is 17.5.